The lowest BCUT2D eigenvalue weighted by Gasteiger charge is -2.27. The van der Waals surface area contributed by atoms with E-state index in [0.717, 1.165) is 22.6 Å². The van der Waals surface area contributed by atoms with Gasteiger partial charge in [-0.3, -0.25) is 15.0 Å². The van der Waals surface area contributed by atoms with Crippen molar-refractivity contribution in [2.24, 2.45) is 0 Å². The van der Waals surface area contributed by atoms with Crippen LogP contribution in [0.3, 0.4) is 0 Å². The number of aromatic nitrogens is 3. The normalized spacial score (nSPS) is 16.3. The van der Waals surface area contributed by atoms with Crippen molar-refractivity contribution in [1.82, 2.24) is 20.5 Å². The van der Waals surface area contributed by atoms with E-state index >= 15 is 0 Å². The lowest BCUT2D eigenvalue weighted by atomic mass is 9.92. The van der Waals surface area contributed by atoms with Crippen LogP contribution in [0.1, 0.15) is 17.8 Å². The summed E-state index contributed by atoms with van der Waals surface area (Å²) in [5.74, 6) is 2.33. The molecule has 2 heterocycles. The van der Waals surface area contributed by atoms with Crippen LogP contribution in [0.2, 0.25) is 0 Å². The zero-order valence-electron chi connectivity index (χ0n) is 12.2. The molecule has 0 atom stereocenters. The van der Waals surface area contributed by atoms with Gasteiger partial charge in [0.25, 0.3) is 0 Å². The van der Waals surface area contributed by atoms with Gasteiger partial charge in [0, 0.05) is 18.4 Å². The number of para-hydroxylation sites is 1. The van der Waals surface area contributed by atoms with Crippen LogP contribution in [-0.2, 0) is 17.8 Å². The molecule has 6 nitrogen and oxygen atoms in total. The number of fused-ring (bicyclic) bond motifs is 2. The summed E-state index contributed by atoms with van der Waals surface area (Å²) < 4.78 is 6.33. The Morgan fingerprint density at radius 1 is 1.30 bits per heavy atom. The molecule has 3 N–H and O–H groups in total. The van der Waals surface area contributed by atoms with Crippen LogP contribution in [0.4, 0.5) is 0 Å². The molecule has 0 saturated carbocycles. The first-order valence-electron chi connectivity index (χ1n) is 7.31. The molecule has 1 aromatic heterocycles. The van der Waals surface area contributed by atoms with E-state index in [0.29, 0.717) is 35.7 Å². The van der Waals surface area contributed by atoms with Crippen LogP contribution in [0.15, 0.2) is 47.4 Å². The molecule has 1 aromatic carbocycles. The molecular weight excluding hydrogens is 312 g/mol. The topological polar surface area (TPSA) is 82.8 Å². The molecule has 0 saturated heterocycles. The van der Waals surface area contributed by atoms with Gasteiger partial charge in [-0.25, -0.2) is 4.98 Å². The summed E-state index contributed by atoms with van der Waals surface area (Å²) in [5.41, 5.74) is 2.57. The second kappa shape index (κ2) is 5.51. The predicted octanol–water partition coefficient (Wildman–Crippen LogP) is 2.30. The summed E-state index contributed by atoms with van der Waals surface area (Å²) in [5, 5.41) is 8.78. The van der Waals surface area contributed by atoms with Crippen LogP contribution >= 0.6 is 12.2 Å². The van der Waals surface area contributed by atoms with E-state index in [-0.39, 0.29) is 5.78 Å². The van der Waals surface area contributed by atoms with Gasteiger partial charge in [0.05, 0.1) is 12.2 Å². The molecule has 1 aliphatic carbocycles. The Balaban J connectivity index is 1.66. The van der Waals surface area contributed by atoms with E-state index in [1.807, 2.05) is 30.3 Å². The van der Waals surface area contributed by atoms with E-state index in [9.17, 15) is 4.79 Å². The van der Waals surface area contributed by atoms with Crippen LogP contribution in [0.5, 0.6) is 5.75 Å². The van der Waals surface area contributed by atoms with Crippen LogP contribution in [0, 0.1) is 4.77 Å². The SMILES string of the molecule is O=C1CC=C2Oc3ccccc3CC2=C1NCc1nc(=S)[nH][nH]1. The zero-order chi connectivity index (χ0) is 15.8. The average Bonchev–Trinajstić information content (AvgIpc) is 2.98. The largest absolute Gasteiger partial charge is 0.457 e. The van der Waals surface area contributed by atoms with E-state index in [1.54, 1.807) is 0 Å². The second-order valence-electron chi connectivity index (χ2n) is 5.40. The van der Waals surface area contributed by atoms with Crippen LogP contribution < -0.4 is 10.1 Å². The van der Waals surface area contributed by atoms with Crippen LogP contribution in [-0.4, -0.2) is 21.0 Å². The fraction of sp³-hybridized carbons (Fsp3) is 0.188. The van der Waals surface area contributed by atoms with E-state index in [2.05, 4.69) is 20.5 Å². The van der Waals surface area contributed by atoms with Crippen molar-refractivity contribution in [3.63, 3.8) is 0 Å². The summed E-state index contributed by atoms with van der Waals surface area (Å²) in [6.07, 6.45) is 2.85. The summed E-state index contributed by atoms with van der Waals surface area (Å²) in [6.45, 7) is 0.395. The van der Waals surface area contributed by atoms with Gasteiger partial charge in [0.15, 0.2) is 5.78 Å². The third-order valence-electron chi connectivity index (χ3n) is 3.89. The summed E-state index contributed by atoms with van der Waals surface area (Å²) in [7, 11) is 0. The highest BCUT2D eigenvalue weighted by molar-refractivity contribution is 7.71. The number of H-pyrrole nitrogens is 2. The van der Waals surface area contributed by atoms with Crippen molar-refractivity contribution in [1.29, 1.82) is 0 Å². The molecule has 116 valence electrons. The highest BCUT2D eigenvalue weighted by Crippen LogP contribution is 2.36. The Hall–Kier alpha value is -2.67. The number of ether oxygens (including phenoxy) is 1. The van der Waals surface area contributed by atoms with Gasteiger partial charge in [-0.2, -0.15) is 0 Å². The standard InChI is InChI=1S/C16H14N4O2S/c21-11-5-6-13-10(7-9-3-1-2-4-12(9)22-13)15(11)17-8-14-18-16(23)20-19-14/h1-4,6,17H,5,7-8H2,(H2,18,19,20,23). The molecule has 2 aromatic rings. The molecule has 4 rings (SSSR count). The summed E-state index contributed by atoms with van der Waals surface area (Å²) in [6, 6.07) is 7.88. The van der Waals surface area contributed by atoms with Gasteiger partial charge in [0.2, 0.25) is 4.77 Å². The predicted molar refractivity (Wildman–Crippen MR) is 86.1 cm³/mol. The minimum absolute atomic E-state index is 0.0564. The molecule has 23 heavy (non-hydrogen) atoms. The molecule has 7 heteroatoms. The van der Waals surface area contributed by atoms with Crippen molar-refractivity contribution < 1.29 is 9.53 Å². The maximum Gasteiger partial charge on any atom is 0.213 e. The average molecular weight is 326 g/mol. The van der Waals surface area contributed by atoms with E-state index < -0.39 is 0 Å². The molecule has 0 fully saturated rings. The van der Waals surface area contributed by atoms with E-state index in [1.165, 1.54) is 0 Å². The van der Waals surface area contributed by atoms with Gasteiger partial charge in [-0.15, -0.1) is 0 Å². The number of nitrogens with zero attached hydrogens (tertiary/aromatic N) is 1. The number of carbonyl (C=O) groups excluding carboxylic acids is 1. The third kappa shape index (κ3) is 2.59. The Labute approximate surface area is 137 Å². The molecule has 2 aliphatic rings. The lowest BCUT2D eigenvalue weighted by Crippen LogP contribution is -2.28. The first-order chi connectivity index (χ1) is 11.2. The van der Waals surface area contributed by atoms with E-state index in [4.69, 9.17) is 17.0 Å². The molecule has 0 unspecified atom stereocenters. The number of Topliss-reactive ketones (excluding diaryl/α,β-unsaturated/α-hetero) is 1. The number of benzene rings is 1. The Morgan fingerprint density at radius 2 is 2.17 bits per heavy atom. The van der Waals surface area contributed by atoms with Crippen LogP contribution in [0.25, 0.3) is 0 Å². The third-order valence-corrected chi connectivity index (χ3v) is 4.09. The number of carbonyl (C=O) groups is 1. The fourth-order valence-corrected chi connectivity index (χ4v) is 2.97. The fourth-order valence-electron chi connectivity index (χ4n) is 2.80. The van der Waals surface area contributed by atoms with Crippen molar-refractivity contribution in [3.8, 4) is 5.75 Å². The molecule has 1 aliphatic heterocycles. The molecule has 0 radical (unpaired) electrons. The molecular formula is C16H14N4O2S. The molecule has 0 bridgehead atoms. The smallest absolute Gasteiger partial charge is 0.213 e. The molecule has 0 spiro atoms. The first kappa shape index (κ1) is 14.0. The minimum Gasteiger partial charge on any atom is -0.457 e. The zero-order valence-corrected chi connectivity index (χ0v) is 13.0. The number of allylic oxidation sites excluding steroid dienone is 3. The van der Waals surface area contributed by atoms with Gasteiger partial charge in [0.1, 0.15) is 17.3 Å². The van der Waals surface area contributed by atoms with Crippen molar-refractivity contribution >= 4 is 18.0 Å². The highest BCUT2D eigenvalue weighted by Gasteiger charge is 2.28. The maximum atomic E-state index is 12.3. The first-order valence-corrected chi connectivity index (χ1v) is 7.71. The summed E-state index contributed by atoms with van der Waals surface area (Å²) in [4.78, 5) is 16.4. The quantitative estimate of drug-likeness (QED) is 0.754. The summed E-state index contributed by atoms with van der Waals surface area (Å²) >= 11 is 4.93. The lowest BCUT2D eigenvalue weighted by molar-refractivity contribution is -0.115. The number of ketones is 1. The molecule has 0 amide bonds. The Bertz CT molecular complexity index is 907. The monoisotopic (exact) mass is 326 g/mol. The van der Waals surface area contributed by atoms with Crippen molar-refractivity contribution in [3.05, 3.63) is 63.5 Å². The number of aromatic amines is 2. The Morgan fingerprint density at radius 3 is 3.00 bits per heavy atom. The second-order valence-corrected chi connectivity index (χ2v) is 5.79. The van der Waals surface area contributed by atoms with Gasteiger partial charge < -0.3 is 10.1 Å². The van der Waals surface area contributed by atoms with Crippen molar-refractivity contribution in [2.75, 3.05) is 0 Å². The van der Waals surface area contributed by atoms with Gasteiger partial charge >= 0.3 is 0 Å². The van der Waals surface area contributed by atoms with Gasteiger partial charge in [-0.05, 0) is 29.9 Å². The van der Waals surface area contributed by atoms with Crippen molar-refractivity contribution in [2.45, 2.75) is 19.4 Å². The number of hydrogen-bond donors (Lipinski definition) is 3. The number of hydrogen-bond acceptors (Lipinski definition) is 5. The Kier molecular flexibility index (Phi) is 3.34. The number of nitrogens with one attached hydrogen (secondary N) is 3. The maximum absolute atomic E-state index is 12.3. The van der Waals surface area contributed by atoms with Gasteiger partial charge in [-0.1, -0.05) is 18.2 Å². The highest BCUT2D eigenvalue weighted by atomic mass is 32.1. The number of rotatable bonds is 3. The minimum atomic E-state index is 0.0564.